The first kappa shape index (κ1) is 140. The number of nitrogens with two attached hydrogens (primary N) is 4. The molecule has 0 saturated carbocycles. The van der Waals surface area contributed by atoms with Crippen molar-refractivity contribution in [1.29, 1.82) is 0 Å². The Labute approximate surface area is 409 Å². The molecule has 0 aromatic heterocycles. The molecule has 24 heteroatoms. The molecule has 0 fully saturated rings. The van der Waals surface area contributed by atoms with E-state index in [2.05, 4.69) is 91.4 Å². The number of Topliss-reactive ketones (excluding diaryl/α,β-unsaturated/α-hetero) is 3. The van der Waals surface area contributed by atoms with Crippen molar-refractivity contribution in [3.8, 4) is 0 Å². The van der Waals surface area contributed by atoms with E-state index in [-0.39, 0.29) is 188 Å². The minimum atomic E-state index is -0.120. The van der Waals surface area contributed by atoms with Crippen molar-refractivity contribution in [2.45, 2.75) is 62.8 Å². The van der Waals surface area contributed by atoms with E-state index in [1.807, 2.05) is 0 Å². The SMILES string of the molecule is C.CC(C)=O.CON.CON.C[N-]C(C)=O.Cl.Cl.[CH2-]/C(C)=N/OC.[CH2-]/C(C)=N/OC.[CH2-]/C(C)=N/OC.[CH2-]C(C)=O.[CH2-]C(C)=O.[CH3-].[CH3-].[NH2-].[NH2-].[W+2].[W+2].[W+2].[W+2].[W+2]. The molecule has 0 bridgehead atoms. The third-order valence-corrected chi connectivity index (χ3v) is 1.06. The van der Waals surface area contributed by atoms with E-state index in [1.165, 1.54) is 77.2 Å². The fraction of sp³-hybridized carbons (Fsp3) is 0.517. The first-order chi connectivity index (χ1) is 18.6. The Balaban J connectivity index is -0.0000000112. The minimum absolute atomic E-state index is 0. The van der Waals surface area contributed by atoms with Crippen LogP contribution in [0.3, 0.4) is 0 Å². The van der Waals surface area contributed by atoms with Crippen LogP contribution in [0.5, 0.6) is 0 Å². The zero-order chi connectivity index (χ0) is 35.4. The van der Waals surface area contributed by atoms with Gasteiger partial charge in [0.05, 0.1) is 14.2 Å². The van der Waals surface area contributed by atoms with Gasteiger partial charge in [0.25, 0.3) is 0 Å². The third-order valence-electron chi connectivity index (χ3n) is 1.06. The number of nitrogens with zero attached hydrogens (tertiary/aromatic N) is 4. The number of carbonyl (C=O) groups is 4. The molecular formula is C29H72Cl2N8O9W5. The average molecular weight is 1670 g/mol. The van der Waals surface area contributed by atoms with Crippen LogP contribution in [0, 0.1) is 49.5 Å². The second kappa shape index (κ2) is 150. The van der Waals surface area contributed by atoms with E-state index in [4.69, 9.17) is 0 Å². The Morgan fingerprint density at radius 2 is 0.585 bits per heavy atom. The second-order valence-electron chi connectivity index (χ2n) is 6.55. The molecule has 17 nitrogen and oxygen atoms in total. The van der Waals surface area contributed by atoms with Crippen LogP contribution in [0.25, 0.3) is 17.6 Å². The maximum absolute atomic E-state index is 9.65. The van der Waals surface area contributed by atoms with Gasteiger partial charge >= 0.3 is 105 Å². The summed E-state index contributed by atoms with van der Waals surface area (Å²) in [5, 5.41) is 13.5. The Morgan fingerprint density at radius 1 is 0.509 bits per heavy atom. The summed E-state index contributed by atoms with van der Waals surface area (Å²) in [7, 11) is 8.76. The number of carbonyl (C=O) groups excluding carboxylic acids is 4. The van der Waals surface area contributed by atoms with Crippen LogP contribution in [-0.4, -0.2) is 83.0 Å². The number of hydrogen-bond acceptors (Lipinski definition) is 14. The molecule has 0 aliphatic heterocycles. The van der Waals surface area contributed by atoms with Gasteiger partial charge in [-0.2, -0.15) is 0 Å². The quantitative estimate of drug-likeness (QED) is 0.161. The van der Waals surface area contributed by atoms with Gasteiger partial charge in [-0.05, 0) is 46.2 Å². The number of ketones is 3. The maximum Gasteiger partial charge on any atom is 2.00 e. The summed E-state index contributed by atoms with van der Waals surface area (Å²) in [5.41, 5.74) is 2.08. The van der Waals surface area contributed by atoms with E-state index in [0.29, 0.717) is 17.1 Å². The molecule has 0 rings (SSSR count). The number of hydrogen-bond donors (Lipinski definition) is 2. The van der Waals surface area contributed by atoms with Gasteiger partial charge in [-0.25, -0.2) is 11.8 Å². The Morgan fingerprint density at radius 3 is 0.585 bits per heavy atom. The molecule has 0 aromatic rings. The van der Waals surface area contributed by atoms with Crippen molar-refractivity contribution >= 4 is 65.2 Å². The van der Waals surface area contributed by atoms with Crippen LogP contribution < -0.4 is 11.8 Å². The van der Waals surface area contributed by atoms with Gasteiger partial charge in [0.2, 0.25) is 0 Å². The van der Waals surface area contributed by atoms with Gasteiger partial charge in [0.15, 0.2) is 0 Å². The predicted octanol–water partition coefficient (Wildman–Crippen LogP) is 7.29. The summed E-state index contributed by atoms with van der Waals surface area (Å²) in [6.07, 6.45) is 0. The molecule has 1 amide bonds. The number of rotatable bonds is 3. The normalized spacial score (nSPS) is 6.60. The summed E-state index contributed by atoms with van der Waals surface area (Å²) >= 11 is 0. The van der Waals surface area contributed by atoms with Crippen LogP contribution in [0.4, 0.5) is 0 Å². The van der Waals surface area contributed by atoms with Gasteiger partial charge in [0, 0.05) is 5.91 Å². The van der Waals surface area contributed by atoms with Crippen LogP contribution >= 0.6 is 24.8 Å². The molecule has 0 atom stereocenters. The molecule has 53 heavy (non-hydrogen) atoms. The largest absolute Gasteiger partial charge is 2.00 e. The molecule has 0 aliphatic carbocycles. The fourth-order valence-electron chi connectivity index (χ4n) is 0.468. The summed E-state index contributed by atoms with van der Waals surface area (Å²) in [5.74, 6) is 8.57. The minimum Gasteiger partial charge on any atom is -0.693 e. The zero-order valence-electron chi connectivity index (χ0n) is 33.7. The molecule has 326 valence electrons. The maximum atomic E-state index is 9.65. The topological polar surface area (TPSA) is 285 Å². The molecule has 0 heterocycles. The molecule has 0 aromatic carbocycles. The Kier molecular flexibility index (Phi) is 397. The Bertz CT molecular complexity index is 587. The second-order valence-corrected chi connectivity index (χ2v) is 6.55. The first-order valence-electron chi connectivity index (χ1n) is 11.0. The van der Waals surface area contributed by atoms with E-state index in [0.717, 1.165) is 0 Å². The monoisotopic (exact) mass is 1670 g/mol. The summed E-state index contributed by atoms with van der Waals surface area (Å²) in [6.45, 7) is 29.0. The van der Waals surface area contributed by atoms with Crippen LogP contribution in [0.15, 0.2) is 15.5 Å². The van der Waals surface area contributed by atoms with Gasteiger partial charge in [-0.1, -0.05) is 45.3 Å². The van der Waals surface area contributed by atoms with Gasteiger partial charge in [0.1, 0.15) is 27.1 Å². The van der Waals surface area contributed by atoms with Gasteiger partial charge in [-0.15, -0.1) is 47.3 Å². The Hall–Kier alpha value is 0.0216. The molecule has 0 radical (unpaired) electrons. The molecule has 0 saturated heterocycles. The van der Waals surface area contributed by atoms with E-state index >= 15 is 0 Å². The summed E-state index contributed by atoms with van der Waals surface area (Å²) < 4.78 is 0. The third kappa shape index (κ3) is 1070. The smallest absolute Gasteiger partial charge is 0.693 e. The first-order valence-corrected chi connectivity index (χ1v) is 11.0. The number of halogens is 2. The molecule has 8 N–H and O–H groups in total. The van der Waals surface area contributed by atoms with Gasteiger partial charge < -0.3 is 110 Å². The standard InChI is InChI=1S/3C4H8NO.C3H7NO.C3H6O.2C3H5O.2CH5NO.CH4.2CH3.2ClH.2H2N.5W/c3*1-4(2)5-6-3;1-3(5)4-2;3*1-3(2)4;2*1-3-2;;;;;;;;;;;;/h3*1H2,2-3H3;1-2H3,(H,4,5);1-2H3;2*1H2,2H3;2*2H2,1H3;1H4;2*1H3;2*1H;2*1H2;;;;;/q3*-1;;;2*-1;;;;2*-1;;;2*-1;5*+2/p-1/b3*5-4-;;;;;;;;;;;;;;;;;;. The van der Waals surface area contributed by atoms with Crippen molar-refractivity contribution in [1.82, 2.24) is 0 Å². The fourth-order valence-corrected chi connectivity index (χ4v) is 0.468. The molecule has 0 unspecified atom stereocenters. The van der Waals surface area contributed by atoms with Crippen molar-refractivity contribution in [3.63, 3.8) is 0 Å². The van der Waals surface area contributed by atoms with Crippen LogP contribution in [0.2, 0.25) is 0 Å². The molecule has 0 spiro atoms. The van der Waals surface area contributed by atoms with Crippen LogP contribution in [0.1, 0.15) is 62.8 Å². The zero-order valence-corrected chi connectivity index (χ0v) is 50.0. The van der Waals surface area contributed by atoms with E-state index in [9.17, 15) is 19.2 Å². The van der Waals surface area contributed by atoms with Crippen molar-refractivity contribution in [2.75, 3.05) is 42.6 Å². The molecule has 0 aliphatic rings. The average Bonchev–Trinajstić information content (AvgIpc) is 2.74. The predicted molar refractivity (Wildman–Crippen MR) is 212 cm³/mol. The van der Waals surface area contributed by atoms with E-state index < -0.39 is 0 Å². The van der Waals surface area contributed by atoms with E-state index in [1.54, 1.807) is 20.8 Å². The number of oxime groups is 3. The van der Waals surface area contributed by atoms with Crippen molar-refractivity contribution < 1.29 is 149 Å². The molecular weight excluding hydrogens is 1590 g/mol. The van der Waals surface area contributed by atoms with Crippen molar-refractivity contribution in [3.05, 3.63) is 67.1 Å². The number of amides is 1. The van der Waals surface area contributed by atoms with Crippen LogP contribution in [-0.2, 0) is 149 Å². The summed E-state index contributed by atoms with van der Waals surface area (Å²) in [4.78, 5) is 58.2. The van der Waals surface area contributed by atoms with Gasteiger partial charge in [-0.3, -0.25) is 0 Å². The summed E-state index contributed by atoms with van der Waals surface area (Å²) in [6, 6.07) is 0. The van der Waals surface area contributed by atoms with Crippen molar-refractivity contribution in [2.24, 2.45) is 27.3 Å².